The van der Waals surface area contributed by atoms with Crippen LogP contribution in [0.1, 0.15) is 38.4 Å². The second-order valence-corrected chi connectivity index (χ2v) is 7.05. The first-order valence-electron chi connectivity index (χ1n) is 7.44. The van der Waals surface area contributed by atoms with E-state index >= 15 is 0 Å². The summed E-state index contributed by atoms with van der Waals surface area (Å²) in [5.41, 5.74) is 0.846. The van der Waals surface area contributed by atoms with Crippen LogP contribution >= 0.6 is 11.3 Å². The zero-order valence-electron chi connectivity index (χ0n) is 11.6. The van der Waals surface area contributed by atoms with Gasteiger partial charge in [-0.3, -0.25) is 9.69 Å². The molecule has 1 atom stereocenters. The Balaban J connectivity index is 1.62. The van der Waals surface area contributed by atoms with Gasteiger partial charge < -0.3 is 4.98 Å². The van der Waals surface area contributed by atoms with Gasteiger partial charge in [0.05, 0.1) is 12.1 Å². The lowest BCUT2D eigenvalue weighted by atomic mass is 10.1. The molecule has 2 saturated carbocycles. The van der Waals surface area contributed by atoms with Crippen LogP contribution in [0.5, 0.6) is 0 Å². The Kier molecular flexibility index (Phi) is 2.93. The summed E-state index contributed by atoms with van der Waals surface area (Å²) in [4.78, 5) is 22.2. The lowest BCUT2D eigenvalue weighted by molar-refractivity contribution is 0.166. The second kappa shape index (κ2) is 4.67. The van der Waals surface area contributed by atoms with Crippen molar-refractivity contribution in [1.29, 1.82) is 0 Å². The van der Waals surface area contributed by atoms with Crippen LogP contribution in [0.25, 0.3) is 10.2 Å². The van der Waals surface area contributed by atoms with Gasteiger partial charge in [-0.05, 0) is 50.0 Å². The second-order valence-electron chi connectivity index (χ2n) is 6.13. The highest BCUT2D eigenvalue weighted by molar-refractivity contribution is 7.17. The molecule has 106 valence electrons. The summed E-state index contributed by atoms with van der Waals surface area (Å²) < 4.78 is 0.738. The molecule has 0 unspecified atom stereocenters. The number of aromatic nitrogens is 2. The van der Waals surface area contributed by atoms with Crippen LogP contribution in [0.15, 0.2) is 16.2 Å². The van der Waals surface area contributed by atoms with Crippen molar-refractivity contribution < 1.29 is 0 Å². The minimum atomic E-state index is 0.00909. The van der Waals surface area contributed by atoms with Gasteiger partial charge in [-0.1, -0.05) is 0 Å². The first-order chi connectivity index (χ1) is 9.72. The van der Waals surface area contributed by atoms with Crippen molar-refractivity contribution >= 4 is 21.6 Å². The Morgan fingerprint density at radius 1 is 1.45 bits per heavy atom. The number of thiophene rings is 1. The van der Waals surface area contributed by atoms with Gasteiger partial charge in [-0.25, -0.2) is 4.98 Å². The fourth-order valence-electron chi connectivity index (χ4n) is 3.03. The van der Waals surface area contributed by atoms with E-state index in [1.165, 1.54) is 37.0 Å². The lowest BCUT2D eigenvalue weighted by Crippen LogP contribution is -2.37. The predicted molar refractivity (Wildman–Crippen MR) is 81.0 cm³/mol. The molecule has 2 aliphatic carbocycles. The number of nitrogens with zero attached hydrogens (tertiary/aromatic N) is 2. The van der Waals surface area contributed by atoms with Gasteiger partial charge in [-0.15, -0.1) is 11.3 Å². The Morgan fingerprint density at radius 2 is 2.25 bits per heavy atom. The minimum absolute atomic E-state index is 0.00909. The molecular formula is C15H19N3OS. The van der Waals surface area contributed by atoms with Gasteiger partial charge in [0.15, 0.2) is 0 Å². The number of hydrogen-bond donors (Lipinski definition) is 1. The van der Waals surface area contributed by atoms with E-state index < -0.39 is 0 Å². The summed E-state index contributed by atoms with van der Waals surface area (Å²) in [5.74, 6) is 1.67. The monoisotopic (exact) mass is 289 g/mol. The van der Waals surface area contributed by atoms with Crippen molar-refractivity contribution in [2.75, 3.05) is 0 Å². The van der Waals surface area contributed by atoms with Gasteiger partial charge in [0.1, 0.15) is 10.5 Å². The summed E-state index contributed by atoms with van der Waals surface area (Å²) in [6, 6.07) is 3.25. The first-order valence-corrected chi connectivity index (χ1v) is 8.32. The number of aromatic amines is 1. The molecule has 0 aliphatic heterocycles. The zero-order chi connectivity index (χ0) is 13.7. The van der Waals surface area contributed by atoms with Crippen molar-refractivity contribution in [1.82, 2.24) is 14.9 Å². The smallest absolute Gasteiger partial charge is 0.268 e. The van der Waals surface area contributed by atoms with E-state index in [1.807, 2.05) is 11.4 Å². The van der Waals surface area contributed by atoms with Crippen molar-refractivity contribution in [2.45, 2.75) is 51.2 Å². The average molecular weight is 289 g/mol. The summed E-state index contributed by atoms with van der Waals surface area (Å²) in [5, 5.41) is 1.93. The number of nitrogens with one attached hydrogen (secondary N) is 1. The zero-order valence-corrected chi connectivity index (χ0v) is 12.4. The van der Waals surface area contributed by atoms with Crippen LogP contribution in [0.4, 0.5) is 0 Å². The fourth-order valence-corrected chi connectivity index (χ4v) is 3.76. The quantitative estimate of drug-likeness (QED) is 0.920. The van der Waals surface area contributed by atoms with Crippen LogP contribution < -0.4 is 5.56 Å². The maximum Gasteiger partial charge on any atom is 0.268 e. The highest BCUT2D eigenvalue weighted by Gasteiger charge is 2.39. The molecule has 2 aromatic rings. The maximum atomic E-state index is 12.0. The van der Waals surface area contributed by atoms with E-state index in [1.54, 1.807) is 0 Å². The van der Waals surface area contributed by atoms with Crippen LogP contribution in [0.3, 0.4) is 0 Å². The van der Waals surface area contributed by atoms with Crippen LogP contribution in [0.2, 0.25) is 0 Å². The largest absolute Gasteiger partial charge is 0.308 e. The molecule has 0 saturated heterocycles. The molecule has 4 rings (SSSR count). The molecule has 0 bridgehead atoms. The van der Waals surface area contributed by atoms with E-state index in [-0.39, 0.29) is 5.56 Å². The highest BCUT2D eigenvalue weighted by atomic mass is 32.1. The van der Waals surface area contributed by atoms with E-state index in [4.69, 9.17) is 0 Å². The summed E-state index contributed by atoms with van der Waals surface area (Å²) >= 11 is 1.46. The Hall–Kier alpha value is -1.20. The average Bonchev–Trinajstić information content (AvgIpc) is 3.33. The molecule has 0 amide bonds. The van der Waals surface area contributed by atoms with E-state index in [0.29, 0.717) is 12.1 Å². The molecule has 20 heavy (non-hydrogen) atoms. The number of fused-ring (bicyclic) bond motifs is 1. The summed E-state index contributed by atoms with van der Waals surface area (Å²) in [7, 11) is 0. The summed E-state index contributed by atoms with van der Waals surface area (Å²) in [6.07, 6.45) is 5.31. The Bertz CT molecular complexity index is 684. The molecule has 2 heterocycles. The highest BCUT2D eigenvalue weighted by Crippen LogP contribution is 2.40. The standard InChI is InChI=1S/C15H19N3OS/c1-9(10-2-3-10)18(11-4-5-11)8-13-16-12-6-7-20-14(12)15(19)17-13/h6-7,9-11H,2-5,8H2,1H3,(H,16,17,19)/t9-/m0/s1. The molecule has 2 fully saturated rings. The first kappa shape index (κ1) is 12.5. The van der Waals surface area contributed by atoms with E-state index in [2.05, 4.69) is 21.8 Å². The molecule has 0 radical (unpaired) electrons. The van der Waals surface area contributed by atoms with Crippen molar-refractivity contribution in [3.05, 3.63) is 27.6 Å². The van der Waals surface area contributed by atoms with Crippen LogP contribution in [-0.2, 0) is 6.54 Å². The van der Waals surface area contributed by atoms with E-state index in [0.717, 1.165) is 28.5 Å². The molecular weight excluding hydrogens is 270 g/mol. The number of rotatable bonds is 5. The third kappa shape index (κ3) is 2.29. The van der Waals surface area contributed by atoms with Gasteiger partial charge in [-0.2, -0.15) is 0 Å². The van der Waals surface area contributed by atoms with Crippen LogP contribution in [0, 0.1) is 5.92 Å². The lowest BCUT2D eigenvalue weighted by Gasteiger charge is -2.28. The number of hydrogen-bond acceptors (Lipinski definition) is 4. The predicted octanol–water partition coefficient (Wildman–Crippen LogP) is 2.75. The normalized spacial score (nSPS) is 20.7. The molecule has 5 heteroatoms. The maximum absolute atomic E-state index is 12.0. The molecule has 0 aromatic carbocycles. The van der Waals surface area contributed by atoms with Gasteiger partial charge in [0, 0.05) is 12.1 Å². The Labute approximate surface area is 121 Å². The van der Waals surface area contributed by atoms with Crippen molar-refractivity contribution in [2.24, 2.45) is 5.92 Å². The van der Waals surface area contributed by atoms with Crippen molar-refractivity contribution in [3.8, 4) is 0 Å². The van der Waals surface area contributed by atoms with Gasteiger partial charge >= 0.3 is 0 Å². The molecule has 2 aromatic heterocycles. The van der Waals surface area contributed by atoms with Crippen molar-refractivity contribution in [3.63, 3.8) is 0 Å². The molecule has 1 N–H and O–H groups in total. The molecule has 2 aliphatic rings. The Morgan fingerprint density at radius 3 is 2.95 bits per heavy atom. The topological polar surface area (TPSA) is 49.0 Å². The molecule has 4 nitrogen and oxygen atoms in total. The minimum Gasteiger partial charge on any atom is -0.308 e. The number of H-pyrrole nitrogens is 1. The van der Waals surface area contributed by atoms with Gasteiger partial charge in [0.2, 0.25) is 0 Å². The van der Waals surface area contributed by atoms with E-state index in [9.17, 15) is 4.79 Å². The van der Waals surface area contributed by atoms with Crippen LogP contribution in [-0.4, -0.2) is 27.0 Å². The summed E-state index contributed by atoms with van der Waals surface area (Å²) in [6.45, 7) is 3.11. The SMILES string of the molecule is C[C@@H](C1CC1)N(Cc1nc2ccsc2c(=O)[nH]1)C1CC1. The third-order valence-corrected chi connectivity index (χ3v) is 5.44. The molecule has 0 spiro atoms. The third-order valence-electron chi connectivity index (χ3n) is 4.54. The fraction of sp³-hybridized carbons (Fsp3) is 0.600. The van der Waals surface area contributed by atoms with Gasteiger partial charge in [0.25, 0.3) is 5.56 Å².